The van der Waals surface area contributed by atoms with Gasteiger partial charge < -0.3 is 14.2 Å². The van der Waals surface area contributed by atoms with Crippen LogP contribution in [0.4, 0.5) is 0 Å². The van der Waals surface area contributed by atoms with Crippen LogP contribution in [0.5, 0.6) is 0 Å². The molecule has 0 fully saturated rings. The number of ether oxygens (including phenoxy) is 3. The van der Waals surface area contributed by atoms with Gasteiger partial charge in [-0.1, -0.05) is 297 Å². The van der Waals surface area contributed by atoms with Gasteiger partial charge in [-0.25, -0.2) is 0 Å². The second kappa shape index (κ2) is 70.6. The van der Waals surface area contributed by atoms with Crippen molar-refractivity contribution >= 4 is 17.9 Å². The highest BCUT2D eigenvalue weighted by molar-refractivity contribution is 5.71. The lowest BCUT2D eigenvalue weighted by molar-refractivity contribution is -0.167. The lowest BCUT2D eigenvalue weighted by Gasteiger charge is -2.18. The lowest BCUT2D eigenvalue weighted by atomic mass is 10.1. The van der Waals surface area contributed by atoms with Gasteiger partial charge >= 0.3 is 17.9 Å². The molecule has 1 atom stereocenters. The predicted octanol–water partition coefficient (Wildman–Crippen LogP) is 24.6. The number of esters is 3. The molecule has 0 N–H and O–H groups in total. The van der Waals surface area contributed by atoms with Crippen molar-refractivity contribution in [1.82, 2.24) is 0 Å². The molecule has 0 aliphatic rings. The van der Waals surface area contributed by atoms with E-state index in [-0.39, 0.29) is 31.1 Å². The van der Waals surface area contributed by atoms with E-state index in [0.717, 1.165) is 116 Å². The van der Waals surface area contributed by atoms with Crippen LogP contribution in [0, 0.1) is 0 Å². The van der Waals surface area contributed by atoms with Gasteiger partial charge in [0.1, 0.15) is 13.2 Å². The number of rotatable bonds is 64. The van der Waals surface area contributed by atoms with Crippen LogP contribution in [-0.2, 0) is 28.6 Å². The van der Waals surface area contributed by atoms with Crippen molar-refractivity contribution < 1.29 is 28.6 Å². The zero-order valence-electron chi connectivity index (χ0n) is 54.7. The maximum absolute atomic E-state index is 13.0. The SMILES string of the molecule is CCCCC/C=C\C/C=C\C/C=C\CCCCCCCCC(=O)OCC(COC(=O)CCCCCCCCCCCC/C=C\C/C=C\C/C=C\CCCCCCC)OC(=O)CCCCCCCC/C=C\C/C=C\C/C=C\CCCCCCC. The van der Waals surface area contributed by atoms with Crippen molar-refractivity contribution in [2.24, 2.45) is 0 Å². The molecule has 0 bridgehead atoms. The minimum atomic E-state index is -0.797. The number of hydrogen-bond acceptors (Lipinski definition) is 6. The number of carbonyl (C=O) groups excluding carboxylic acids is 3. The Kier molecular flexibility index (Phi) is 67.2. The van der Waals surface area contributed by atoms with E-state index in [1.807, 2.05) is 0 Å². The van der Waals surface area contributed by atoms with E-state index in [1.165, 1.54) is 186 Å². The van der Waals surface area contributed by atoms with Gasteiger partial charge in [0.15, 0.2) is 6.10 Å². The van der Waals surface area contributed by atoms with Crippen molar-refractivity contribution in [2.45, 2.75) is 348 Å². The van der Waals surface area contributed by atoms with E-state index < -0.39 is 6.10 Å². The summed E-state index contributed by atoms with van der Waals surface area (Å²) in [6.45, 7) is 6.60. The van der Waals surface area contributed by atoms with Crippen LogP contribution in [0.3, 0.4) is 0 Å². The van der Waals surface area contributed by atoms with Crippen molar-refractivity contribution in [3.8, 4) is 0 Å². The standard InChI is InChI=1S/C77H132O6/c1-4-7-10-13-16-19-22-25-28-31-34-36-37-38-39-41-43-46-49-52-55-58-61-64-67-70-76(79)82-73-74(72-81-75(78)69-66-63-60-57-54-51-48-45-42-33-30-27-24-21-18-15-12-9-6-3)83-77(80)71-68-65-62-59-56-53-50-47-44-40-35-32-29-26-23-20-17-14-11-8-5-2/h18,21-23,25-27,30-32,34-35,37-38,42,44-45,47,74H,4-17,19-20,24,28-29,33,36,39-41,43,46,48-73H2,1-3H3/b21-18-,25-22-,26-23-,30-27-,34-31-,35-32-,38-37-,45-42-,47-44-. The Labute approximate surface area is 514 Å². The summed E-state index contributed by atoms with van der Waals surface area (Å²) in [5, 5.41) is 0. The highest BCUT2D eigenvalue weighted by atomic mass is 16.6. The summed E-state index contributed by atoms with van der Waals surface area (Å²) in [5.74, 6) is -0.907. The summed E-state index contributed by atoms with van der Waals surface area (Å²) in [7, 11) is 0. The second-order valence-electron chi connectivity index (χ2n) is 23.4. The van der Waals surface area contributed by atoms with E-state index in [0.29, 0.717) is 19.3 Å². The number of hydrogen-bond donors (Lipinski definition) is 0. The highest BCUT2D eigenvalue weighted by Gasteiger charge is 2.19. The summed E-state index contributed by atoms with van der Waals surface area (Å²) in [4.78, 5) is 38.5. The van der Waals surface area contributed by atoms with E-state index in [2.05, 4.69) is 130 Å². The monoisotopic (exact) mass is 1150 g/mol. The Hall–Kier alpha value is -3.93. The summed E-state index contributed by atoms with van der Waals surface area (Å²) >= 11 is 0. The Bertz CT molecular complexity index is 1660. The normalized spacial score (nSPS) is 12.8. The van der Waals surface area contributed by atoms with Crippen LogP contribution in [-0.4, -0.2) is 37.2 Å². The smallest absolute Gasteiger partial charge is 0.306 e. The second-order valence-corrected chi connectivity index (χ2v) is 23.4. The molecule has 0 rings (SSSR count). The Balaban J connectivity index is 4.43. The Morgan fingerprint density at radius 1 is 0.241 bits per heavy atom. The van der Waals surface area contributed by atoms with Gasteiger partial charge in [-0.15, -0.1) is 0 Å². The van der Waals surface area contributed by atoms with Gasteiger partial charge in [0.2, 0.25) is 0 Å². The fourth-order valence-electron chi connectivity index (χ4n) is 9.88. The zero-order chi connectivity index (χ0) is 59.9. The van der Waals surface area contributed by atoms with Crippen LogP contribution in [0.1, 0.15) is 342 Å². The molecular weight excluding hydrogens is 1020 g/mol. The molecule has 0 aliphatic carbocycles. The minimum absolute atomic E-state index is 0.0902. The third-order valence-corrected chi connectivity index (χ3v) is 15.2. The molecule has 0 radical (unpaired) electrons. The molecule has 476 valence electrons. The van der Waals surface area contributed by atoms with E-state index >= 15 is 0 Å². The van der Waals surface area contributed by atoms with Crippen LogP contribution in [0.25, 0.3) is 0 Å². The minimum Gasteiger partial charge on any atom is -0.462 e. The van der Waals surface area contributed by atoms with Crippen LogP contribution in [0.2, 0.25) is 0 Å². The molecule has 0 heterocycles. The van der Waals surface area contributed by atoms with Gasteiger partial charge in [-0.05, 0) is 135 Å². The van der Waals surface area contributed by atoms with Crippen molar-refractivity contribution in [1.29, 1.82) is 0 Å². The van der Waals surface area contributed by atoms with Gasteiger partial charge in [0.05, 0.1) is 0 Å². The molecule has 6 heteroatoms. The first kappa shape index (κ1) is 79.1. The van der Waals surface area contributed by atoms with Crippen LogP contribution < -0.4 is 0 Å². The lowest BCUT2D eigenvalue weighted by Crippen LogP contribution is -2.30. The third kappa shape index (κ3) is 68.7. The summed E-state index contributed by atoms with van der Waals surface area (Å²) < 4.78 is 17.0. The van der Waals surface area contributed by atoms with Crippen LogP contribution >= 0.6 is 0 Å². The largest absolute Gasteiger partial charge is 0.462 e. The van der Waals surface area contributed by atoms with Gasteiger partial charge in [0.25, 0.3) is 0 Å². The third-order valence-electron chi connectivity index (χ3n) is 15.2. The molecule has 1 unspecified atom stereocenters. The maximum atomic E-state index is 13.0. The summed E-state index contributed by atoms with van der Waals surface area (Å²) in [6, 6.07) is 0. The summed E-state index contributed by atoms with van der Waals surface area (Å²) in [6.07, 6.45) is 96.7. The van der Waals surface area contributed by atoms with E-state index in [9.17, 15) is 14.4 Å². The molecule has 0 aliphatic heterocycles. The fourth-order valence-corrected chi connectivity index (χ4v) is 9.88. The first-order valence-electron chi connectivity index (χ1n) is 35.4. The Morgan fingerprint density at radius 3 is 0.699 bits per heavy atom. The van der Waals surface area contributed by atoms with Crippen molar-refractivity contribution in [2.75, 3.05) is 13.2 Å². The zero-order valence-corrected chi connectivity index (χ0v) is 54.7. The average Bonchev–Trinajstić information content (AvgIpc) is 3.49. The van der Waals surface area contributed by atoms with E-state index in [4.69, 9.17) is 14.2 Å². The van der Waals surface area contributed by atoms with Gasteiger partial charge in [-0.3, -0.25) is 14.4 Å². The predicted molar refractivity (Wildman–Crippen MR) is 362 cm³/mol. The average molecular weight is 1150 g/mol. The molecule has 0 aromatic carbocycles. The number of carbonyl (C=O) groups is 3. The first-order valence-corrected chi connectivity index (χ1v) is 35.4. The first-order chi connectivity index (χ1) is 41.0. The molecule has 0 aromatic rings. The molecule has 0 spiro atoms. The van der Waals surface area contributed by atoms with Gasteiger partial charge in [-0.2, -0.15) is 0 Å². The van der Waals surface area contributed by atoms with E-state index in [1.54, 1.807) is 0 Å². The number of unbranched alkanes of at least 4 members (excludes halogenated alkanes) is 35. The molecule has 0 saturated heterocycles. The molecular formula is C77H132O6. The molecule has 0 amide bonds. The quantitative estimate of drug-likeness (QED) is 0.0261. The van der Waals surface area contributed by atoms with Gasteiger partial charge in [0, 0.05) is 19.3 Å². The fraction of sp³-hybridized carbons (Fsp3) is 0.727. The van der Waals surface area contributed by atoms with Crippen LogP contribution in [0.15, 0.2) is 109 Å². The molecule has 83 heavy (non-hydrogen) atoms. The number of allylic oxidation sites excluding steroid dienone is 18. The molecule has 0 aromatic heterocycles. The maximum Gasteiger partial charge on any atom is 0.306 e. The topological polar surface area (TPSA) is 78.9 Å². The van der Waals surface area contributed by atoms with Crippen molar-refractivity contribution in [3.63, 3.8) is 0 Å². The Morgan fingerprint density at radius 2 is 0.434 bits per heavy atom. The summed E-state index contributed by atoms with van der Waals surface area (Å²) in [5.41, 5.74) is 0. The molecule has 6 nitrogen and oxygen atoms in total. The van der Waals surface area contributed by atoms with Crippen molar-refractivity contribution in [3.05, 3.63) is 109 Å². The molecule has 0 saturated carbocycles. The highest BCUT2D eigenvalue weighted by Crippen LogP contribution is 2.16.